The van der Waals surface area contributed by atoms with Gasteiger partial charge in [-0.05, 0) is 70.6 Å². The minimum Gasteiger partial charge on any atom is -0.394 e. The number of aliphatic hydroxyl groups is 2. The second-order valence-electron chi connectivity index (χ2n) is 17.2. The third-order valence-electron chi connectivity index (χ3n) is 11.5. The number of hydrogen-bond donors (Lipinski definition) is 3. The maximum absolute atomic E-state index is 12.4. The van der Waals surface area contributed by atoms with E-state index < -0.39 is 12.1 Å². The van der Waals surface area contributed by atoms with Crippen molar-refractivity contribution in [3.63, 3.8) is 0 Å². The van der Waals surface area contributed by atoms with E-state index in [4.69, 9.17) is 0 Å². The summed E-state index contributed by atoms with van der Waals surface area (Å²) in [4.78, 5) is 12.4. The fraction of sp³-hybridized carbons (Fsp3) is 0.796. The Hall–Kier alpha value is -1.91. The number of allylic oxidation sites excluding steroid dienone is 9. The third-order valence-corrected chi connectivity index (χ3v) is 11.5. The van der Waals surface area contributed by atoms with Gasteiger partial charge in [0.15, 0.2) is 0 Å². The molecule has 0 rings (SSSR count). The standard InChI is InChI=1S/C54H99NO3/c1-3-5-7-9-11-13-15-17-19-21-22-23-24-25-26-27-28-29-30-31-32-34-36-38-40-42-44-46-48-50-54(58)55-52(51-56)53(57)49-47-45-43-41-39-37-35-33-20-18-16-14-12-10-8-6-4-2/h15,17,21-22,24-25,39,41,47,49,52-53,56-57H,3-14,16,18-20,23,26-38,40,42-46,48,50-51H2,1-2H3,(H,55,58)/b17-15-,22-21-,25-24-,41-39+,49-47+. The van der Waals surface area contributed by atoms with Crippen LogP contribution in [0.2, 0.25) is 0 Å². The van der Waals surface area contributed by atoms with E-state index in [1.165, 1.54) is 193 Å². The van der Waals surface area contributed by atoms with E-state index in [9.17, 15) is 15.0 Å². The lowest BCUT2D eigenvalue weighted by molar-refractivity contribution is -0.123. The largest absolute Gasteiger partial charge is 0.394 e. The molecule has 0 aliphatic carbocycles. The average molecular weight is 810 g/mol. The molecule has 2 atom stereocenters. The first-order valence-electron chi connectivity index (χ1n) is 25.5. The van der Waals surface area contributed by atoms with Gasteiger partial charge < -0.3 is 15.5 Å². The van der Waals surface area contributed by atoms with Crippen molar-refractivity contribution < 1.29 is 15.0 Å². The number of nitrogens with one attached hydrogen (secondary N) is 1. The summed E-state index contributed by atoms with van der Waals surface area (Å²) in [6, 6.07) is -0.641. The highest BCUT2D eigenvalue weighted by Gasteiger charge is 2.17. The summed E-state index contributed by atoms with van der Waals surface area (Å²) in [5.74, 6) is -0.0745. The number of aliphatic hydroxyl groups excluding tert-OH is 2. The summed E-state index contributed by atoms with van der Waals surface area (Å²) >= 11 is 0. The van der Waals surface area contributed by atoms with E-state index in [0.29, 0.717) is 6.42 Å². The molecule has 0 aliphatic heterocycles. The second kappa shape index (κ2) is 49.5. The second-order valence-corrected chi connectivity index (χ2v) is 17.2. The first-order chi connectivity index (χ1) is 28.7. The highest BCUT2D eigenvalue weighted by molar-refractivity contribution is 5.76. The van der Waals surface area contributed by atoms with Crippen LogP contribution in [0.4, 0.5) is 0 Å². The Morgan fingerprint density at radius 3 is 1.12 bits per heavy atom. The minimum absolute atomic E-state index is 0.0745. The summed E-state index contributed by atoms with van der Waals surface area (Å²) in [6.45, 7) is 4.29. The van der Waals surface area contributed by atoms with Crippen molar-refractivity contribution in [1.29, 1.82) is 0 Å². The summed E-state index contributed by atoms with van der Waals surface area (Å²) in [5, 5.41) is 23.1. The van der Waals surface area contributed by atoms with Gasteiger partial charge in [-0.2, -0.15) is 0 Å². The van der Waals surface area contributed by atoms with Crippen LogP contribution in [-0.2, 0) is 4.79 Å². The molecule has 0 saturated carbocycles. The number of unbranched alkanes of at least 4 members (excludes halogenated alkanes) is 31. The first kappa shape index (κ1) is 56.1. The van der Waals surface area contributed by atoms with Crippen LogP contribution in [0.25, 0.3) is 0 Å². The minimum atomic E-state index is -0.864. The van der Waals surface area contributed by atoms with Crippen molar-refractivity contribution in [1.82, 2.24) is 5.32 Å². The Morgan fingerprint density at radius 1 is 0.414 bits per heavy atom. The molecular formula is C54H99NO3. The lowest BCUT2D eigenvalue weighted by Crippen LogP contribution is -2.45. The normalized spacial score (nSPS) is 13.4. The Morgan fingerprint density at radius 2 is 0.724 bits per heavy atom. The van der Waals surface area contributed by atoms with Gasteiger partial charge in [-0.1, -0.05) is 242 Å². The van der Waals surface area contributed by atoms with Crippen LogP contribution >= 0.6 is 0 Å². The molecule has 2 unspecified atom stereocenters. The summed E-state index contributed by atoms with van der Waals surface area (Å²) < 4.78 is 0. The molecule has 0 heterocycles. The van der Waals surface area contributed by atoms with Crippen LogP contribution in [0.5, 0.6) is 0 Å². The molecule has 0 radical (unpaired) electrons. The van der Waals surface area contributed by atoms with Crippen LogP contribution in [0, 0.1) is 0 Å². The van der Waals surface area contributed by atoms with Crippen LogP contribution in [0.15, 0.2) is 60.8 Å². The van der Waals surface area contributed by atoms with Crippen LogP contribution in [0.3, 0.4) is 0 Å². The molecule has 0 saturated heterocycles. The Bertz CT molecular complexity index is 965. The molecule has 0 aromatic rings. The van der Waals surface area contributed by atoms with Crippen LogP contribution in [-0.4, -0.2) is 34.9 Å². The van der Waals surface area contributed by atoms with E-state index in [2.05, 4.69) is 67.8 Å². The van der Waals surface area contributed by atoms with Gasteiger partial charge in [0, 0.05) is 6.42 Å². The zero-order valence-electron chi connectivity index (χ0n) is 38.8. The lowest BCUT2D eigenvalue weighted by Gasteiger charge is -2.19. The molecule has 4 nitrogen and oxygen atoms in total. The predicted molar refractivity (Wildman–Crippen MR) is 258 cm³/mol. The quantitative estimate of drug-likeness (QED) is 0.0424. The Labute approximate surface area is 362 Å². The zero-order valence-corrected chi connectivity index (χ0v) is 38.8. The van der Waals surface area contributed by atoms with E-state index in [1.54, 1.807) is 6.08 Å². The smallest absolute Gasteiger partial charge is 0.220 e. The molecule has 58 heavy (non-hydrogen) atoms. The van der Waals surface area contributed by atoms with Crippen molar-refractivity contribution >= 4 is 5.91 Å². The number of carbonyl (C=O) groups is 1. The molecule has 1 amide bonds. The molecule has 0 aromatic carbocycles. The van der Waals surface area contributed by atoms with E-state index in [-0.39, 0.29) is 12.5 Å². The zero-order chi connectivity index (χ0) is 42.1. The molecule has 0 spiro atoms. The predicted octanol–water partition coefficient (Wildman–Crippen LogP) is 16.5. The number of carbonyl (C=O) groups excluding carboxylic acids is 1. The average Bonchev–Trinajstić information content (AvgIpc) is 3.23. The molecule has 0 aromatic heterocycles. The summed E-state index contributed by atoms with van der Waals surface area (Å²) in [5.41, 5.74) is 0. The van der Waals surface area contributed by atoms with Gasteiger partial charge in [0.2, 0.25) is 5.91 Å². The van der Waals surface area contributed by atoms with Crippen molar-refractivity contribution in [3.05, 3.63) is 60.8 Å². The van der Waals surface area contributed by atoms with Gasteiger partial charge in [-0.15, -0.1) is 0 Å². The molecule has 338 valence electrons. The molecule has 0 bridgehead atoms. The fourth-order valence-electron chi connectivity index (χ4n) is 7.55. The highest BCUT2D eigenvalue weighted by atomic mass is 16.3. The van der Waals surface area contributed by atoms with Crippen molar-refractivity contribution in [2.75, 3.05) is 6.61 Å². The van der Waals surface area contributed by atoms with Crippen LogP contribution < -0.4 is 5.32 Å². The topological polar surface area (TPSA) is 69.6 Å². The SMILES string of the molecule is CCCCCCC/C=C\C/C=C\C/C=C\CCCCCCCCCCCCCCCCC(=O)NC(CO)C(O)/C=C/CC/C=C/CCCCCCCCCCCCC. The maximum Gasteiger partial charge on any atom is 0.220 e. The van der Waals surface area contributed by atoms with Crippen molar-refractivity contribution in [3.8, 4) is 0 Å². The number of amides is 1. The van der Waals surface area contributed by atoms with E-state index in [1.807, 2.05) is 6.08 Å². The third kappa shape index (κ3) is 45.2. The monoisotopic (exact) mass is 810 g/mol. The molecule has 0 aliphatic rings. The van der Waals surface area contributed by atoms with Crippen molar-refractivity contribution in [2.45, 2.75) is 270 Å². The lowest BCUT2D eigenvalue weighted by atomic mass is 10.0. The van der Waals surface area contributed by atoms with Gasteiger partial charge in [0.1, 0.15) is 0 Å². The van der Waals surface area contributed by atoms with Gasteiger partial charge in [-0.25, -0.2) is 0 Å². The molecular weight excluding hydrogens is 711 g/mol. The number of rotatable bonds is 46. The Kier molecular flexibility index (Phi) is 47.8. The van der Waals surface area contributed by atoms with E-state index in [0.717, 1.165) is 44.9 Å². The fourth-order valence-corrected chi connectivity index (χ4v) is 7.55. The summed E-state index contributed by atoms with van der Waals surface area (Å²) in [6.07, 6.45) is 69.3. The molecule has 3 N–H and O–H groups in total. The first-order valence-corrected chi connectivity index (χ1v) is 25.5. The van der Waals surface area contributed by atoms with Gasteiger partial charge in [0.25, 0.3) is 0 Å². The van der Waals surface area contributed by atoms with Gasteiger partial charge in [-0.3, -0.25) is 4.79 Å². The maximum atomic E-state index is 12.4. The highest BCUT2D eigenvalue weighted by Crippen LogP contribution is 2.15. The molecule has 0 fully saturated rings. The number of hydrogen-bond acceptors (Lipinski definition) is 3. The van der Waals surface area contributed by atoms with Crippen LogP contribution in [0.1, 0.15) is 258 Å². The molecule has 4 heteroatoms. The van der Waals surface area contributed by atoms with Gasteiger partial charge >= 0.3 is 0 Å². The summed E-state index contributed by atoms with van der Waals surface area (Å²) in [7, 11) is 0. The Balaban J connectivity index is 3.55. The van der Waals surface area contributed by atoms with Crippen molar-refractivity contribution in [2.24, 2.45) is 0 Å². The van der Waals surface area contributed by atoms with Gasteiger partial charge in [0.05, 0.1) is 18.8 Å². The van der Waals surface area contributed by atoms with E-state index >= 15 is 0 Å².